The molecule has 0 heterocycles. The predicted octanol–water partition coefficient (Wildman–Crippen LogP) is -1.65. The largest absolute Gasteiger partial charge is 0.381 e. The maximum absolute atomic E-state index is 11.3. The molecule has 0 spiro atoms. The molecule has 0 aromatic rings. The number of methoxy groups -OCH3 is 1. The molecule has 86 valence electrons. The zero-order valence-electron chi connectivity index (χ0n) is 8.79. The summed E-state index contributed by atoms with van der Waals surface area (Å²) >= 11 is 0. The summed E-state index contributed by atoms with van der Waals surface area (Å²) in [4.78, 5) is 22.0. The van der Waals surface area contributed by atoms with Crippen LogP contribution in [0.4, 0.5) is 0 Å². The Bertz CT molecular complexity index is 239. The smallest absolute Gasteiger partial charge is 0.239 e. The average molecular weight is 215 g/mol. The van der Waals surface area contributed by atoms with Crippen molar-refractivity contribution < 1.29 is 14.3 Å². The Morgan fingerprint density at radius 1 is 1.40 bits per heavy atom. The van der Waals surface area contributed by atoms with Crippen molar-refractivity contribution in [1.29, 1.82) is 0 Å². The average Bonchev–Trinajstić information content (AvgIpc) is 2.19. The monoisotopic (exact) mass is 215 g/mol. The third kappa shape index (κ3) is 3.85. The van der Waals surface area contributed by atoms with E-state index in [0.29, 0.717) is 0 Å². The molecule has 15 heavy (non-hydrogen) atoms. The molecule has 0 bridgehead atoms. The summed E-state index contributed by atoms with van der Waals surface area (Å²) in [5.41, 5.74) is 5.07. The van der Waals surface area contributed by atoms with E-state index in [1.165, 1.54) is 0 Å². The number of nitrogens with two attached hydrogens (primary N) is 1. The summed E-state index contributed by atoms with van der Waals surface area (Å²) < 4.78 is 5.08. The molecule has 0 atom stereocenters. The van der Waals surface area contributed by atoms with Gasteiger partial charge in [0.25, 0.3) is 0 Å². The van der Waals surface area contributed by atoms with E-state index in [0.717, 1.165) is 12.8 Å². The maximum atomic E-state index is 11.3. The lowest BCUT2D eigenvalue weighted by Gasteiger charge is -2.34. The first-order valence-corrected chi connectivity index (χ1v) is 4.94. The van der Waals surface area contributed by atoms with Crippen LogP contribution in [0.25, 0.3) is 0 Å². The minimum atomic E-state index is -0.325. The van der Waals surface area contributed by atoms with Gasteiger partial charge in [-0.25, -0.2) is 0 Å². The van der Waals surface area contributed by atoms with Crippen LogP contribution in [-0.2, 0) is 14.3 Å². The zero-order valence-corrected chi connectivity index (χ0v) is 8.79. The van der Waals surface area contributed by atoms with E-state index in [-0.39, 0.29) is 37.0 Å². The molecule has 6 nitrogen and oxygen atoms in total. The van der Waals surface area contributed by atoms with Crippen LogP contribution in [0.5, 0.6) is 0 Å². The molecule has 0 unspecified atom stereocenters. The van der Waals surface area contributed by atoms with Crippen LogP contribution in [-0.4, -0.2) is 44.2 Å². The summed E-state index contributed by atoms with van der Waals surface area (Å²) in [6.45, 7) is -0.105. The summed E-state index contributed by atoms with van der Waals surface area (Å²) in [5, 5.41) is 5.19. The molecule has 0 aliphatic heterocycles. The fourth-order valence-electron chi connectivity index (χ4n) is 1.41. The minimum Gasteiger partial charge on any atom is -0.381 e. The van der Waals surface area contributed by atoms with E-state index < -0.39 is 0 Å². The molecule has 0 saturated heterocycles. The van der Waals surface area contributed by atoms with Crippen molar-refractivity contribution in [3.63, 3.8) is 0 Å². The summed E-state index contributed by atoms with van der Waals surface area (Å²) in [5.74, 6) is -0.509. The lowest BCUT2D eigenvalue weighted by atomic mass is 9.89. The van der Waals surface area contributed by atoms with Crippen molar-refractivity contribution in [2.75, 3.05) is 20.2 Å². The van der Waals surface area contributed by atoms with Crippen molar-refractivity contribution in [2.45, 2.75) is 25.0 Å². The third-order valence-electron chi connectivity index (χ3n) is 2.42. The van der Waals surface area contributed by atoms with Crippen LogP contribution >= 0.6 is 0 Å². The minimum absolute atomic E-state index is 0.00974. The zero-order chi connectivity index (χ0) is 11.3. The molecular formula is C9H17N3O3. The first-order valence-electron chi connectivity index (χ1n) is 4.94. The van der Waals surface area contributed by atoms with Gasteiger partial charge >= 0.3 is 0 Å². The van der Waals surface area contributed by atoms with E-state index in [1.807, 2.05) is 0 Å². The van der Waals surface area contributed by atoms with Crippen LogP contribution in [0.15, 0.2) is 0 Å². The highest BCUT2D eigenvalue weighted by molar-refractivity contribution is 5.85. The highest BCUT2D eigenvalue weighted by Crippen LogP contribution is 2.22. The second kappa shape index (κ2) is 5.67. The molecule has 6 heteroatoms. The number of carbonyl (C=O) groups is 2. The standard InChI is InChI=1S/C9H17N3O3/c1-15-7-2-6(3-7)12-9(14)5-11-8(13)4-10/h6-7H,2-5,10H2,1H3,(H,11,13)(H,12,14). The molecule has 0 radical (unpaired) electrons. The topological polar surface area (TPSA) is 93.5 Å². The fraction of sp³-hybridized carbons (Fsp3) is 0.778. The highest BCUT2D eigenvalue weighted by atomic mass is 16.5. The molecule has 1 saturated carbocycles. The van der Waals surface area contributed by atoms with Gasteiger partial charge in [0, 0.05) is 13.2 Å². The van der Waals surface area contributed by atoms with E-state index in [4.69, 9.17) is 10.5 Å². The van der Waals surface area contributed by atoms with Gasteiger partial charge in [-0.1, -0.05) is 0 Å². The van der Waals surface area contributed by atoms with Gasteiger partial charge in [0.15, 0.2) is 0 Å². The number of rotatable bonds is 5. The van der Waals surface area contributed by atoms with Crippen LogP contribution < -0.4 is 16.4 Å². The number of hydrogen-bond acceptors (Lipinski definition) is 4. The number of hydrogen-bond donors (Lipinski definition) is 3. The normalized spacial score (nSPS) is 24.1. The van der Waals surface area contributed by atoms with Crippen LogP contribution in [0.2, 0.25) is 0 Å². The van der Waals surface area contributed by atoms with Crippen LogP contribution in [0.1, 0.15) is 12.8 Å². The number of carbonyl (C=O) groups excluding carboxylic acids is 2. The van der Waals surface area contributed by atoms with Gasteiger partial charge in [-0.2, -0.15) is 0 Å². The quantitative estimate of drug-likeness (QED) is 0.512. The molecule has 1 aliphatic carbocycles. The predicted molar refractivity (Wildman–Crippen MR) is 54.0 cm³/mol. The molecule has 0 aromatic carbocycles. The van der Waals surface area contributed by atoms with Gasteiger partial charge in [0.1, 0.15) is 0 Å². The van der Waals surface area contributed by atoms with Gasteiger partial charge in [0.05, 0.1) is 19.2 Å². The highest BCUT2D eigenvalue weighted by Gasteiger charge is 2.29. The first-order chi connectivity index (χ1) is 7.15. The van der Waals surface area contributed by atoms with Crippen molar-refractivity contribution in [1.82, 2.24) is 10.6 Å². The Morgan fingerprint density at radius 2 is 2.07 bits per heavy atom. The van der Waals surface area contributed by atoms with Gasteiger partial charge in [-0.3, -0.25) is 9.59 Å². The fourth-order valence-corrected chi connectivity index (χ4v) is 1.41. The Labute approximate surface area is 88.5 Å². The van der Waals surface area contributed by atoms with Crippen molar-refractivity contribution >= 4 is 11.8 Å². The molecule has 4 N–H and O–H groups in total. The molecule has 1 aliphatic rings. The molecular weight excluding hydrogens is 198 g/mol. The van der Waals surface area contributed by atoms with Gasteiger partial charge in [-0.15, -0.1) is 0 Å². The lowest BCUT2D eigenvalue weighted by Crippen LogP contribution is -2.50. The van der Waals surface area contributed by atoms with Gasteiger partial charge in [-0.05, 0) is 12.8 Å². The van der Waals surface area contributed by atoms with Crippen LogP contribution in [0.3, 0.4) is 0 Å². The lowest BCUT2D eigenvalue weighted by molar-refractivity contribution is -0.126. The van der Waals surface area contributed by atoms with Crippen molar-refractivity contribution in [3.05, 3.63) is 0 Å². The molecule has 2 amide bonds. The molecule has 1 fully saturated rings. The van der Waals surface area contributed by atoms with Crippen LogP contribution in [0, 0.1) is 0 Å². The van der Waals surface area contributed by atoms with Crippen molar-refractivity contribution in [3.8, 4) is 0 Å². The summed E-state index contributed by atoms with van der Waals surface area (Å²) in [6.07, 6.45) is 1.94. The Morgan fingerprint density at radius 3 is 2.60 bits per heavy atom. The third-order valence-corrected chi connectivity index (χ3v) is 2.42. The second-order valence-corrected chi connectivity index (χ2v) is 3.57. The molecule has 0 aromatic heterocycles. The number of ether oxygens (including phenoxy) is 1. The maximum Gasteiger partial charge on any atom is 0.239 e. The SMILES string of the molecule is COC1CC(NC(=O)CNC(=O)CN)C1. The Hall–Kier alpha value is -1.14. The van der Waals surface area contributed by atoms with Gasteiger partial charge < -0.3 is 21.1 Å². The Balaban J connectivity index is 2.07. The molecule has 1 rings (SSSR count). The summed E-state index contributed by atoms with van der Waals surface area (Å²) in [7, 11) is 1.66. The second-order valence-electron chi connectivity index (χ2n) is 3.57. The number of nitrogens with one attached hydrogen (secondary N) is 2. The summed E-state index contributed by atoms with van der Waals surface area (Å²) in [6, 6.07) is 0.178. The Kier molecular flexibility index (Phi) is 4.51. The van der Waals surface area contributed by atoms with E-state index in [2.05, 4.69) is 10.6 Å². The van der Waals surface area contributed by atoms with Gasteiger partial charge in [0.2, 0.25) is 11.8 Å². The van der Waals surface area contributed by atoms with E-state index in [1.54, 1.807) is 7.11 Å². The first kappa shape index (κ1) is 11.9. The number of amides is 2. The van der Waals surface area contributed by atoms with E-state index >= 15 is 0 Å². The van der Waals surface area contributed by atoms with Crippen molar-refractivity contribution in [2.24, 2.45) is 5.73 Å². The van der Waals surface area contributed by atoms with E-state index in [9.17, 15) is 9.59 Å².